The first kappa shape index (κ1) is 10.1. The number of alkyl halides is 1. The Morgan fingerprint density at radius 2 is 2.08 bits per heavy atom. The first-order valence-corrected chi connectivity index (χ1v) is 4.45. The van der Waals surface area contributed by atoms with Crippen LogP contribution >= 0.6 is 15.9 Å². The number of aromatic carboxylic acids is 1. The van der Waals surface area contributed by atoms with Gasteiger partial charge in [0.25, 0.3) is 0 Å². The predicted molar refractivity (Wildman–Crippen MR) is 45.9 cm³/mol. The van der Waals surface area contributed by atoms with Crippen LogP contribution in [0.5, 0.6) is 0 Å². The highest BCUT2D eigenvalue weighted by Crippen LogP contribution is 2.16. The summed E-state index contributed by atoms with van der Waals surface area (Å²) in [6, 6.07) is 2.05. The zero-order chi connectivity index (χ0) is 10.0. The first-order chi connectivity index (χ1) is 6.06. The van der Waals surface area contributed by atoms with Gasteiger partial charge in [-0.3, -0.25) is 0 Å². The molecule has 0 aliphatic carbocycles. The van der Waals surface area contributed by atoms with Crippen LogP contribution in [0.3, 0.4) is 0 Å². The molecule has 0 aliphatic rings. The highest BCUT2D eigenvalue weighted by molar-refractivity contribution is 9.08. The van der Waals surface area contributed by atoms with Crippen LogP contribution < -0.4 is 0 Å². The number of carbonyl (C=O) groups is 1. The molecule has 0 saturated heterocycles. The van der Waals surface area contributed by atoms with E-state index in [9.17, 15) is 13.6 Å². The topological polar surface area (TPSA) is 37.3 Å². The number of hydrogen-bond acceptors (Lipinski definition) is 1. The van der Waals surface area contributed by atoms with Crippen molar-refractivity contribution in [3.63, 3.8) is 0 Å². The molecular weight excluding hydrogens is 246 g/mol. The Labute approximate surface area is 81.3 Å². The summed E-state index contributed by atoms with van der Waals surface area (Å²) in [6.07, 6.45) is 0. The van der Waals surface area contributed by atoms with Crippen LogP contribution in [-0.2, 0) is 5.33 Å². The summed E-state index contributed by atoms with van der Waals surface area (Å²) in [5.74, 6) is -3.94. The molecule has 0 saturated carbocycles. The molecule has 70 valence electrons. The molecule has 0 spiro atoms. The average Bonchev–Trinajstić information content (AvgIpc) is 2.09. The van der Waals surface area contributed by atoms with E-state index in [-0.39, 0.29) is 5.33 Å². The molecule has 0 aliphatic heterocycles. The second kappa shape index (κ2) is 3.83. The summed E-state index contributed by atoms with van der Waals surface area (Å²) in [5, 5.41) is 8.77. The van der Waals surface area contributed by atoms with Gasteiger partial charge >= 0.3 is 5.97 Å². The average molecular weight is 251 g/mol. The first-order valence-electron chi connectivity index (χ1n) is 3.33. The minimum absolute atomic E-state index is 0.282. The van der Waals surface area contributed by atoms with Crippen molar-refractivity contribution in [3.05, 3.63) is 34.9 Å². The van der Waals surface area contributed by atoms with Crippen LogP contribution in [0, 0.1) is 11.6 Å². The SMILES string of the molecule is O=C(O)c1cc(CBr)cc(F)c1F. The fraction of sp³-hybridized carbons (Fsp3) is 0.125. The van der Waals surface area contributed by atoms with Crippen molar-refractivity contribution in [1.82, 2.24) is 0 Å². The van der Waals surface area contributed by atoms with Crippen molar-refractivity contribution in [3.8, 4) is 0 Å². The van der Waals surface area contributed by atoms with Gasteiger partial charge in [0.15, 0.2) is 11.6 Å². The Morgan fingerprint density at radius 3 is 2.54 bits per heavy atom. The predicted octanol–water partition coefficient (Wildman–Crippen LogP) is 2.56. The molecule has 0 aromatic heterocycles. The lowest BCUT2D eigenvalue weighted by atomic mass is 10.1. The Bertz CT molecular complexity index is 352. The fourth-order valence-electron chi connectivity index (χ4n) is 0.878. The van der Waals surface area contributed by atoms with Crippen molar-refractivity contribution in [2.75, 3.05) is 0 Å². The molecule has 0 atom stereocenters. The van der Waals surface area contributed by atoms with E-state index < -0.39 is 23.2 Å². The number of rotatable bonds is 2. The highest BCUT2D eigenvalue weighted by atomic mass is 79.9. The number of halogens is 3. The Balaban J connectivity index is 3.33. The van der Waals surface area contributed by atoms with Gasteiger partial charge in [0.05, 0.1) is 5.56 Å². The van der Waals surface area contributed by atoms with Crippen molar-refractivity contribution in [2.24, 2.45) is 0 Å². The van der Waals surface area contributed by atoms with E-state index in [4.69, 9.17) is 5.11 Å². The second-order valence-electron chi connectivity index (χ2n) is 2.38. The molecular formula is C8H5BrF2O2. The molecule has 0 bridgehead atoms. The van der Waals surface area contributed by atoms with Crippen LogP contribution in [0.25, 0.3) is 0 Å². The molecule has 2 nitrogen and oxygen atoms in total. The second-order valence-corrected chi connectivity index (χ2v) is 2.94. The zero-order valence-electron chi connectivity index (χ0n) is 6.35. The Hall–Kier alpha value is -0.970. The molecule has 0 amide bonds. The third-order valence-corrected chi connectivity index (χ3v) is 2.12. The highest BCUT2D eigenvalue weighted by Gasteiger charge is 2.15. The van der Waals surface area contributed by atoms with E-state index in [1.165, 1.54) is 0 Å². The number of carboxylic acid groups (broad SMARTS) is 1. The van der Waals surface area contributed by atoms with Gasteiger partial charge in [0.2, 0.25) is 0 Å². The van der Waals surface area contributed by atoms with Crippen molar-refractivity contribution < 1.29 is 18.7 Å². The molecule has 1 aromatic rings. The van der Waals surface area contributed by atoms with Gasteiger partial charge in [0.1, 0.15) is 0 Å². The molecule has 13 heavy (non-hydrogen) atoms. The third-order valence-electron chi connectivity index (χ3n) is 1.47. The van der Waals surface area contributed by atoms with Gasteiger partial charge < -0.3 is 5.11 Å². The smallest absolute Gasteiger partial charge is 0.338 e. The van der Waals surface area contributed by atoms with Crippen molar-refractivity contribution in [2.45, 2.75) is 5.33 Å². The lowest BCUT2D eigenvalue weighted by Crippen LogP contribution is -2.03. The largest absolute Gasteiger partial charge is 0.478 e. The fourth-order valence-corrected chi connectivity index (χ4v) is 1.20. The van der Waals surface area contributed by atoms with Gasteiger partial charge in [-0.25, -0.2) is 13.6 Å². The summed E-state index contributed by atoms with van der Waals surface area (Å²) < 4.78 is 25.5. The maximum Gasteiger partial charge on any atom is 0.338 e. The molecule has 1 N–H and O–H groups in total. The number of benzene rings is 1. The lowest BCUT2D eigenvalue weighted by Gasteiger charge is -2.01. The molecule has 5 heteroatoms. The van der Waals surface area contributed by atoms with Crippen LogP contribution in [0.15, 0.2) is 12.1 Å². The van der Waals surface area contributed by atoms with Gasteiger partial charge in [0, 0.05) is 5.33 Å². The van der Waals surface area contributed by atoms with Crippen LogP contribution in [0.2, 0.25) is 0 Å². The summed E-state index contributed by atoms with van der Waals surface area (Å²) >= 11 is 3.02. The zero-order valence-corrected chi connectivity index (χ0v) is 7.94. The van der Waals surface area contributed by atoms with Crippen LogP contribution in [0.1, 0.15) is 15.9 Å². The standard InChI is InChI=1S/C8H5BrF2O2/c9-3-4-1-5(8(12)13)7(11)6(10)2-4/h1-2H,3H2,(H,12,13). The van der Waals surface area contributed by atoms with E-state index in [1.54, 1.807) is 0 Å². The normalized spacial score (nSPS) is 10.1. The minimum Gasteiger partial charge on any atom is -0.478 e. The number of carboxylic acids is 1. The molecule has 0 radical (unpaired) electrons. The molecule has 1 aromatic carbocycles. The maximum absolute atomic E-state index is 12.8. The number of hydrogen-bond donors (Lipinski definition) is 1. The van der Waals surface area contributed by atoms with Crippen LogP contribution in [-0.4, -0.2) is 11.1 Å². The van der Waals surface area contributed by atoms with E-state index in [0.717, 1.165) is 12.1 Å². The van der Waals surface area contributed by atoms with Gasteiger partial charge in [-0.1, -0.05) is 15.9 Å². The summed E-state index contributed by atoms with van der Waals surface area (Å²) in [4.78, 5) is 10.4. The summed E-state index contributed by atoms with van der Waals surface area (Å²) in [6.45, 7) is 0. The monoisotopic (exact) mass is 250 g/mol. The maximum atomic E-state index is 12.8. The van der Waals surface area contributed by atoms with Crippen LogP contribution in [0.4, 0.5) is 8.78 Å². The summed E-state index contributed by atoms with van der Waals surface area (Å²) in [7, 11) is 0. The van der Waals surface area contributed by atoms with Crippen molar-refractivity contribution >= 4 is 21.9 Å². The van der Waals surface area contributed by atoms with Gasteiger partial charge in [-0.05, 0) is 17.7 Å². The summed E-state index contributed by atoms with van der Waals surface area (Å²) in [5.41, 5.74) is -0.259. The van der Waals surface area contributed by atoms with E-state index in [0.29, 0.717) is 5.56 Å². The lowest BCUT2D eigenvalue weighted by molar-refractivity contribution is 0.0690. The Kier molecular flexibility index (Phi) is 2.98. The van der Waals surface area contributed by atoms with Gasteiger partial charge in [-0.2, -0.15) is 0 Å². The molecule has 0 heterocycles. The van der Waals surface area contributed by atoms with E-state index in [2.05, 4.69) is 15.9 Å². The molecule has 0 fully saturated rings. The van der Waals surface area contributed by atoms with Crippen molar-refractivity contribution in [1.29, 1.82) is 0 Å². The Morgan fingerprint density at radius 1 is 1.46 bits per heavy atom. The molecule has 1 rings (SSSR count). The van der Waals surface area contributed by atoms with E-state index in [1.807, 2.05) is 0 Å². The quantitative estimate of drug-likeness (QED) is 0.820. The minimum atomic E-state index is -1.47. The third kappa shape index (κ3) is 2.03. The van der Waals surface area contributed by atoms with E-state index >= 15 is 0 Å². The van der Waals surface area contributed by atoms with Gasteiger partial charge in [-0.15, -0.1) is 0 Å². The molecule has 0 unspecified atom stereocenters.